The van der Waals surface area contributed by atoms with Crippen LogP contribution in [0.2, 0.25) is 0 Å². The Bertz CT molecular complexity index is 198. The molecule has 14 heavy (non-hydrogen) atoms. The minimum Gasteiger partial charge on any atom is -0.481 e. The molecular formula is C10H16F2O2. The summed E-state index contributed by atoms with van der Waals surface area (Å²) >= 11 is 0. The number of carboxylic acid groups (broad SMARTS) is 1. The lowest BCUT2D eigenvalue weighted by molar-refractivity contribution is -0.146. The largest absolute Gasteiger partial charge is 0.481 e. The third-order valence-electron chi connectivity index (χ3n) is 2.72. The molecule has 1 rings (SSSR count). The van der Waals surface area contributed by atoms with E-state index < -0.39 is 18.3 Å². The molecule has 0 bridgehead atoms. The van der Waals surface area contributed by atoms with Gasteiger partial charge in [0.1, 0.15) is 6.42 Å². The van der Waals surface area contributed by atoms with Crippen molar-refractivity contribution in [3.63, 3.8) is 0 Å². The lowest BCUT2D eigenvalue weighted by Gasteiger charge is -2.25. The summed E-state index contributed by atoms with van der Waals surface area (Å²) in [6, 6.07) is 0. The Morgan fingerprint density at radius 1 is 1.29 bits per heavy atom. The van der Waals surface area contributed by atoms with Crippen LogP contribution in [0.25, 0.3) is 0 Å². The van der Waals surface area contributed by atoms with Gasteiger partial charge in [-0.05, 0) is 5.92 Å². The fraction of sp³-hybridized carbons (Fsp3) is 0.900. The smallest absolute Gasteiger partial charge is 0.309 e. The summed E-state index contributed by atoms with van der Waals surface area (Å²) < 4.78 is 26.2. The first-order valence-corrected chi connectivity index (χ1v) is 5.09. The van der Waals surface area contributed by atoms with E-state index in [2.05, 4.69) is 0 Å². The van der Waals surface area contributed by atoms with E-state index in [4.69, 9.17) is 5.11 Å². The van der Waals surface area contributed by atoms with Gasteiger partial charge in [0.2, 0.25) is 0 Å². The first-order valence-electron chi connectivity index (χ1n) is 5.09. The highest BCUT2D eigenvalue weighted by molar-refractivity contribution is 5.67. The summed E-state index contributed by atoms with van der Waals surface area (Å²) in [6.45, 7) is 0. The van der Waals surface area contributed by atoms with Crippen LogP contribution in [-0.2, 0) is 4.79 Å². The Kier molecular flexibility index (Phi) is 3.84. The van der Waals surface area contributed by atoms with Crippen LogP contribution in [0.15, 0.2) is 0 Å². The molecule has 1 saturated carbocycles. The second-order valence-electron chi connectivity index (χ2n) is 4.13. The van der Waals surface area contributed by atoms with Crippen molar-refractivity contribution in [2.75, 3.05) is 0 Å². The second-order valence-corrected chi connectivity index (χ2v) is 4.13. The van der Waals surface area contributed by atoms with Gasteiger partial charge >= 0.3 is 5.97 Å². The summed E-state index contributed by atoms with van der Waals surface area (Å²) in [5.41, 5.74) is 0. The molecule has 0 aromatic carbocycles. The number of hydrogen-bond acceptors (Lipinski definition) is 1. The maximum atomic E-state index is 13.1. The first-order chi connectivity index (χ1) is 6.49. The van der Waals surface area contributed by atoms with Gasteiger partial charge in [-0.1, -0.05) is 32.1 Å². The number of alkyl halides is 2. The van der Waals surface area contributed by atoms with Crippen molar-refractivity contribution in [3.8, 4) is 0 Å². The van der Waals surface area contributed by atoms with Gasteiger partial charge in [-0.2, -0.15) is 0 Å². The van der Waals surface area contributed by atoms with Crippen LogP contribution in [0, 0.1) is 5.92 Å². The molecule has 1 aliphatic carbocycles. The molecule has 4 heteroatoms. The van der Waals surface area contributed by atoms with Crippen LogP contribution in [0.1, 0.15) is 44.9 Å². The summed E-state index contributed by atoms with van der Waals surface area (Å²) in [4.78, 5) is 10.2. The van der Waals surface area contributed by atoms with Gasteiger partial charge in [0, 0.05) is 6.42 Å². The number of aliphatic carboxylic acids is 1. The minimum atomic E-state index is -3.02. The van der Waals surface area contributed by atoms with Crippen molar-refractivity contribution >= 4 is 5.97 Å². The molecule has 1 fully saturated rings. The van der Waals surface area contributed by atoms with E-state index in [0.717, 1.165) is 32.1 Å². The molecule has 0 aliphatic heterocycles. The molecule has 0 aromatic heterocycles. The van der Waals surface area contributed by atoms with Gasteiger partial charge in [0.25, 0.3) is 5.92 Å². The Labute approximate surface area is 82.3 Å². The Morgan fingerprint density at radius 3 is 2.36 bits per heavy atom. The summed E-state index contributed by atoms with van der Waals surface area (Å²) in [7, 11) is 0. The molecule has 0 radical (unpaired) electrons. The van der Waals surface area contributed by atoms with Crippen molar-refractivity contribution in [2.24, 2.45) is 5.92 Å². The van der Waals surface area contributed by atoms with E-state index in [-0.39, 0.29) is 12.3 Å². The molecule has 0 amide bonds. The monoisotopic (exact) mass is 206 g/mol. The fourth-order valence-corrected chi connectivity index (χ4v) is 2.11. The number of hydrogen-bond donors (Lipinski definition) is 1. The number of rotatable bonds is 4. The van der Waals surface area contributed by atoms with E-state index in [1.165, 1.54) is 0 Å². The van der Waals surface area contributed by atoms with Crippen LogP contribution in [0.3, 0.4) is 0 Å². The van der Waals surface area contributed by atoms with Gasteiger partial charge in [-0.15, -0.1) is 0 Å². The zero-order valence-electron chi connectivity index (χ0n) is 8.14. The lowest BCUT2D eigenvalue weighted by Crippen LogP contribution is -2.25. The third-order valence-corrected chi connectivity index (χ3v) is 2.72. The number of halogens is 2. The number of carboxylic acids is 1. The summed E-state index contributed by atoms with van der Waals surface area (Å²) in [5.74, 6) is -4.41. The van der Waals surface area contributed by atoms with E-state index in [1.54, 1.807) is 0 Å². The predicted octanol–water partition coefficient (Wildman–Crippen LogP) is 3.07. The maximum Gasteiger partial charge on any atom is 0.309 e. The highest BCUT2D eigenvalue weighted by atomic mass is 19.3. The molecule has 2 nitrogen and oxygen atoms in total. The van der Waals surface area contributed by atoms with Gasteiger partial charge in [0.15, 0.2) is 0 Å². The Balaban J connectivity index is 2.36. The maximum absolute atomic E-state index is 13.1. The first kappa shape index (κ1) is 11.4. The zero-order chi connectivity index (χ0) is 10.6. The zero-order valence-corrected chi connectivity index (χ0v) is 8.14. The predicted molar refractivity (Wildman–Crippen MR) is 48.4 cm³/mol. The molecular weight excluding hydrogens is 190 g/mol. The molecule has 0 aromatic rings. The van der Waals surface area contributed by atoms with Gasteiger partial charge in [-0.25, -0.2) is 8.78 Å². The normalized spacial score (nSPS) is 19.6. The number of carbonyl (C=O) groups is 1. The van der Waals surface area contributed by atoms with Crippen LogP contribution in [0.4, 0.5) is 8.78 Å². The average molecular weight is 206 g/mol. The standard InChI is InChI=1S/C10H16F2O2/c11-10(12,7-9(13)14)6-8-4-2-1-3-5-8/h8H,1-7H2,(H,13,14). The van der Waals surface area contributed by atoms with Gasteiger partial charge < -0.3 is 5.11 Å². The molecule has 82 valence electrons. The van der Waals surface area contributed by atoms with Crippen molar-refractivity contribution in [3.05, 3.63) is 0 Å². The molecule has 0 atom stereocenters. The van der Waals surface area contributed by atoms with Crippen LogP contribution in [-0.4, -0.2) is 17.0 Å². The van der Waals surface area contributed by atoms with Crippen molar-refractivity contribution in [2.45, 2.75) is 50.9 Å². The van der Waals surface area contributed by atoms with E-state index in [9.17, 15) is 13.6 Å². The van der Waals surface area contributed by atoms with Crippen molar-refractivity contribution in [1.82, 2.24) is 0 Å². The molecule has 0 unspecified atom stereocenters. The van der Waals surface area contributed by atoms with Gasteiger partial charge in [0.05, 0.1) is 0 Å². The Hall–Kier alpha value is -0.670. The summed E-state index contributed by atoms with van der Waals surface area (Å²) in [5, 5.41) is 8.30. The molecule has 0 saturated heterocycles. The van der Waals surface area contributed by atoms with E-state index in [1.807, 2.05) is 0 Å². The quantitative estimate of drug-likeness (QED) is 0.767. The Morgan fingerprint density at radius 2 is 1.86 bits per heavy atom. The van der Waals surface area contributed by atoms with Crippen LogP contribution >= 0.6 is 0 Å². The topological polar surface area (TPSA) is 37.3 Å². The highest BCUT2D eigenvalue weighted by Crippen LogP contribution is 2.34. The highest BCUT2D eigenvalue weighted by Gasteiger charge is 2.35. The molecule has 1 aliphatic rings. The van der Waals surface area contributed by atoms with Gasteiger partial charge in [-0.3, -0.25) is 4.79 Å². The van der Waals surface area contributed by atoms with Crippen LogP contribution in [0.5, 0.6) is 0 Å². The summed E-state index contributed by atoms with van der Waals surface area (Å²) in [6.07, 6.45) is 3.52. The fourth-order valence-electron chi connectivity index (χ4n) is 2.11. The molecule has 0 heterocycles. The SMILES string of the molecule is O=C(O)CC(F)(F)CC1CCCCC1. The average Bonchev–Trinajstić information content (AvgIpc) is 2.02. The van der Waals surface area contributed by atoms with Crippen molar-refractivity contribution < 1.29 is 18.7 Å². The second kappa shape index (κ2) is 4.71. The minimum absolute atomic E-state index is 0.0260. The van der Waals surface area contributed by atoms with E-state index >= 15 is 0 Å². The third kappa shape index (κ3) is 4.03. The lowest BCUT2D eigenvalue weighted by atomic mass is 9.84. The molecule has 0 spiro atoms. The van der Waals surface area contributed by atoms with Crippen molar-refractivity contribution in [1.29, 1.82) is 0 Å². The van der Waals surface area contributed by atoms with Crippen LogP contribution < -0.4 is 0 Å². The van der Waals surface area contributed by atoms with E-state index in [0.29, 0.717) is 0 Å². The molecule has 1 N–H and O–H groups in total.